The number of phenolic OH excluding ortho intramolecular Hbond substituents is 1. The molecule has 7 N–H and O–H groups in total. The number of amides is 5. The summed E-state index contributed by atoms with van der Waals surface area (Å²) >= 11 is 1.09. The lowest BCUT2D eigenvalue weighted by Crippen LogP contribution is -2.56. The number of aliphatic carboxylic acids is 2. The smallest absolute Gasteiger partial charge is 0.329 e. The molecular formula is C33H45N5O9S. The zero-order chi connectivity index (χ0) is 35.9. The number of thioether (sulfide) groups is 1. The molecule has 2 atom stereocenters. The standard InChI is InChI=1S/C33H45N5O9S/c1-5-6-7-29(42)38(26(31(45)46)20-48-17-16-25(30(43)44)36-28(41)19-33(2,3)4)37-27(40)18-21-8-10-22(11-9-21)34-32(47)35-23-12-14-24(39)15-13-23/h8-15,25-26,39H,5-7,16-20H2,1-4H3,(H,36,41)(H,37,40)(H,43,44)(H,45,46)(H2,34,35,47). The maximum absolute atomic E-state index is 13.1. The molecule has 0 aliphatic rings. The van der Waals surface area contributed by atoms with E-state index < -0.39 is 47.8 Å². The van der Waals surface area contributed by atoms with Crippen molar-refractivity contribution in [3.8, 4) is 5.75 Å². The monoisotopic (exact) mass is 687 g/mol. The van der Waals surface area contributed by atoms with E-state index in [0.717, 1.165) is 16.8 Å². The molecule has 0 heterocycles. The number of hydrazine groups is 1. The molecule has 0 saturated heterocycles. The summed E-state index contributed by atoms with van der Waals surface area (Å²) in [5, 5.41) is 37.5. The van der Waals surface area contributed by atoms with Crippen LogP contribution >= 0.6 is 11.8 Å². The minimum Gasteiger partial charge on any atom is -0.508 e. The number of nitrogens with zero attached hydrogens (tertiary/aromatic N) is 1. The summed E-state index contributed by atoms with van der Waals surface area (Å²) in [5.74, 6) is -4.06. The second kappa shape index (κ2) is 19.1. The fourth-order valence-electron chi connectivity index (χ4n) is 4.30. The lowest BCUT2D eigenvalue weighted by molar-refractivity contribution is -0.154. The highest BCUT2D eigenvalue weighted by atomic mass is 32.2. The van der Waals surface area contributed by atoms with Crippen molar-refractivity contribution in [3.63, 3.8) is 0 Å². The first-order valence-electron chi connectivity index (χ1n) is 15.5. The van der Waals surface area contributed by atoms with Crippen LogP contribution < -0.4 is 21.4 Å². The van der Waals surface area contributed by atoms with Crippen molar-refractivity contribution < 1.29 is 44.1 Å². The largest absolute Gasteiger partial charge is 0.508 e. The number of phenols is 1. The summed E-state index contributed by atoms with van der Waals surface area (Å²) < 4.78 is 0. The van der Waals surface area contributed by atoms with Crippen LogP contribution in [0.25, 0.3) is 0 Å². The molecule has 0 aliphatic heterocycles. The third kappa shape index (κ3) is 14.8. The average molecular weight is 688 g/mol. The number of unbranched alkanes of at least 4 members (excludes halogenated alkanes) is 1. The van der Waals surface area contributed by atoms with Crippen molar-refractivity contribution in [1.29, 1.82) is 0 Å². The number of carbonyl (C=O) groups is 6. The van der Waals surface area contributed by atoms with Gasteiger partial charge in [0.15, 0.2) is 6.04 Å². The van der Waals surface area contributed by atoms with Gasteiger partial charge in [-0.2, -0.15) is 11.8 Å². The summed E-state index contributed by atoms with van der Waals surface area (Å²) in [6, 6.07) is 9.18. The average Bonchev–Trinajstić information content (AvgIpc) is 2.99. The maximum Gasteiger partial charge on any atom is 0.329 e. The topological polar surface area (TPSA) is 214 Å². The zero-order valence-electron chi connectivity index (χ0n) is 27.6. The third-order valence-electron chi connectivity index (χ3n) is 6.71. The van der Waals surface area contributed by atoms with Gasteiger partial charge in [0.2, 0.25) is 17.7 Å². The summed E-state index contributed by atoms with van der Waals surface area (Å²) in [4.78, 5) is 74.6. The number of aromatic hydroxyl groups is 1. The number of hydrogen-bond acceptors (Lipinski definition) is 8. The van der Waals surface area contributed by atoms with Crippen molar-refractivity contribution in [2.75, 3.05) is 22.1 Å². The Bertz CT molecular complexity index is 1410. The van der Waals surface area contributed by atoms with Crippen LogP contribution in [0.2, 0.25) is 0 Å². The van der Waals surface area contributed by atoms with Crippen LogP contribution in [0.4, 0.5) is 16.2 Å². The normalized spacial score (nSPS) is 12.2. The van der Waals surface area contributed by atoms with E-state index >= 15 is 0 Å². The molecule has 0 fully saturated rings. The van der Waals surface area contributed by atoms with Gasteiger partial charge in [0.25, 0.3) is 0 Å². The van der Waals surface area contributed by atoms with Crippen molar-refractivity contribution in [2.45, 2.75) is 78.3 Å². The van der Waals surface area contributed by atoms with Gasteiger partial charge in [0, 0.05) is 30.0 Å². The minimum atomic E-state index is -1.43. The Morgan fingerprint density at radius 1 is 0.854 bits per heavy atom. The molecule has 0 radical (unpaired) electrons. The lowest BCUT2D eigenvalue weighted by Gasteiger charge is -2.29. The molecule has 2 unspecified atom stereocenters. The molecule has 0 aromatic heterocycles. The van der Waals surface area contributed by atoms with Gasteiger partial charge in [-0.05, 0) is 66.0 Å². The van der Waals surface area contributed by atoms with Crippen LogP contribution in [0.3, 0.4) is 0 Å². The maximum atomic E-state index is 13.1. The Labute approximate surface area is 284 Å². The van der Waals surface area contributed by atoms with E-state index in [1.165, 1.54) is 24.3 Å². The predicted octanol–water partition coefficient (Wildman–Crippen LogP) is 4.21. The van der Waals surface area contributed by atoms with Gasteiger partial charge in [-0.1, -0.05) is 46.2 Å². The van der Waals surface area contributed by atoms with Crippen molar-refractivity contribution in [1.82, 2.24) is 15.8 Å². The quantitative estimate of drug-likeness (QED) is 0.0714. The van der Waals surface area contributed by atoms with E-state index in [2.05, 4.69) is 21.4 Å². The number of urea groups is 1. The Kier molecular flexibility index (Phi) is 15.7. The molecule has 15 heteroatoms. The SMILES string of the molecule is CCCCC(=O)N(NC(=O)Cc1ccc(NC(=O)Nc2ccc(O)cc2)cc1)C(CSCCC(NC(=O)CC(C)(C)C)C(=O)O)C(=O)O. The van der Waals surface area contributed by atoms with Crippen LogP contribution in [0, 0.1) is 5.41 Å². The number of anilines is 2. The van der Waals surface area contributed by atoms with Crippen molar-refractivity contribution in [2.24, 2.45) is 5.41 Å². The molecule has 5 amide bonds. The predicted molar refractivity (Wildman–Crippen MR) is 182 cm³/mol. The molecule has 0 aliphatic carbocycles. The van der Waals surface area contributed by atoms with Crippen LogP contribution in [0.1, 0.15) is 65.4 Å². The van der Waals surface area contributed by atoms with Gasteiger partial charge in [-0.25, -0.2) is 19.4 Å². The van der Waals surface area contributed by atoms with Gasteiger partial charge in [0.1, 0.15) is 11.8 Å². The Morgan fingerprint density at radius 2 is 1.44 bits per heavy atom. The lowest BCUT2D eigenvalue weighted by atomic mass is 9.92. The second-order valence-corrected chi connectivity index (χ2v) is 13.5. The van der Waals surface area contributed by atoms with E-state index in [1.54, 1.807) is 24.3 Å². The molecule has 2 aromatic carbocycles. The van der Waals surface area contributed by atoms with Gasteiger partial charge in [0.05, 0.1) is 6.42 Å². The second-order valence-electron chi connectivity index (χ2n) is 12.3. The summed E-state index contributed by atoms with van der Waals surface area (Å²) in [6.07, 6.45) is 1.14. The zero-order valence-corrected chi connectivity index (χ0v) is 28.4. The van der Waals surface area contributed by atoms with Crippen LogP contribution in [0.15, 0.2) is 48.5 Å². The molecule has 0 saturated carbocycles. The van der Waals surface area contributed by atoms with Crippen LogP contribution in [-0.2, 0) is 30.4 Å². The first-order chi connectivity index (χ1) is 22.6. The van der Waals surface area contributed by atoms with Gasteiger partial charge < -0.3 is 31.3 Å². The first-order valence-corrected chi connectivity index (χ1v) is 16.6. The van der Waals surface area contributed by atoms with Gasteiger partial charge in [-0.15, -0.1) is 0 Å². The molecule has 262 valence electrons. The number of benzene rings is 2. The molecule has 14 nitrogen and oxygen atoms in total. The van der Waals surface area contributed by atoms with E-state index in [1.807, 2.05) is 27.7 Å². The molecule has 2 aromatic rings. The van der Waals surface area contributed by atoms with Crippen molar-refractivity contribution >= 4 is 58.8 Å². The van der Waals surface area contributed by atoms with E-state index in [-0.39, 0.29) is 48.4 Å². The fraction of sp³-hybridized carbons (Fsp3) is 0.455. The molecule has 0 bridgehead atoms. The van der Waals surface area contributed by atoms with Crippen LogP contribution in [-0.4, -0.2) is 79.6 Å². The summed E-state index contributed by atoms with van der Waals surface area (Å²) in [6.45, 7) is 7.44. The number of hydrogen-bond donors (Lipinski definition) is 7. The van der Waals surface area contributed by atoms with E-state index in [4.69, 9.17) is 0 Å². The Hall–Kier alpha value is -4.79. The Balaban J connectivity index is 2.01. The highest BCUT2D eigenvalue weighted by Gasteiger charge is 2.31. The minimum absolute atomic E-state index is 0.0126. The third-order valence-corrected chi connectivity index (χ3v) is 7.78. The number of nitrogens with one attached hydrogen (secondary N) is 4. The molecular weight excluding hydrogens is 642 g/mol. The number of carbonyl (C=O) groups excluding carboxylic acids is 4. The molecule has 0 spiro atoms. The van der Waals surface area contributed by atoms with E-state index in [9.17, 15) is 44.1 Å². The van der Waals surface area contributed by atoms with Gasteiger partial charge in [-0.3, -0.25) is 19.8 Å². The number of carboxylic acids is 2. The Morgan fingerprint density at radius 3 is 1.96 bits per heavy atom. The number of carboxylic acid groups (broad SMARTS) is 2. The fourth-order valence-corrected chi connectivity index (χ4v) is 5.39. The molecule has 48 heavy (non-hydrogen) atoms. The van der Waals surface area contributed by atoms with Crippen molar-refractivity contribution in [3.05, 3.63) is 54.1 Å². The highest BCUT2D eigenvalue weighted by Crippen LogP contribution is 2.19. The van der Waals surface area contributed by atoms with Crippen LogP contribution in [0.5, 0.6) is 5.75 Å². The summed E-state index contributed by atoms with van der Waals surface area (Å²) in [7, 11) is 0. The van der Waals surface area contributed by atoms with E-state index in [0.29, 0.717) is 29.8 Å². The highest BCUT2D eigenvalue weighted by molar-refractivity contribution is 7.99. The first kappa shape index (κ1) is 39.4. The van der Waals surface area contributed by atoms with Gasteiger partial charge >= 0.3 is 18.0 Å². The summed E-state index contributed by atoms with van der Waals surface area (Å²) in [5.41, 5.74) is 3.57. The number of rotatable bonds is 17. The molecule has 2 rings (SSSR count).